The molecular formula is C13H18BrNO. The van der Waals surface area contributed by atoms with E-state index >= 15 is 0 Å². The zero-order chi connectivity index (χ0) is 11.5. The minimum atomic E-state index is 0.124. The van der Waals surface area contributed by atoms with E-state index in [0.717, 1.165) is 28.6 Å². The molecule has 16 heavy (non-hydrogen) atoms. The first-order chi connectivity index (χ1) is 7.70. The van der Waals surface area contributed by atoms with Gasteiger partial charge in [0.15, 0.2) is 0 Å². The molecule has 0 aromatic heterocycles. The molecular weight excluding hydrogens is 266 g/mol. The Morgan fingerprint density at radius 2 is 2.31 bits per heavy atom. The Balaban J connectivity index is 2.14. The van der Waals surface area contributed by atoms with Crippen molar-refractivity contribution in [1.82, 2.24) is 0 Å². The molecule has 0 aliphatic carbocycles. The molecule has 2 N–H and O–H groups in total. The average molecular weight is 284 g/mol. The van der Waals surface area contributed by atoms with E-state index in [4.69, 9.17) is 10.5 Å². The minimum Gasteiger partial charge on any atom is -0.490 e. The lowest BCUT2D eigenvalue weighted by molar-refractivity contribution is 0.147. The first-order valence-electron chi connectivity index (χ1n) is 5.92. The number of benzene rings is 1. The Morgan fingerprint density at radius 1 is 1.50 bits per heavy atom. The summed E-state index contributed by atoms with van der Waals surface area (Å²) >= 11 is 3.46. The summed E-state index contributed by atoms with van der Waals surface area (Å²) in [7, 11) is 0. The highest BCUT2D eigenvalue weighted by atomic mass is 79.9. The quantitative estimate of drug-likeness (QED) is 0.916. The van der Waals surface area contributed by atoms with Gasteiger partial charge >= 0.3 is 0 Å². The van der Waals surface area contributed by atoms with Gasteiger partial charge in [-0.1, -0.05) is 41.8 Å². The van der Waals surface area contributed by atoms with Crippen LogP contribution in [0.3, 0.4) is 0 Å². The van der Waals surface area contributed by atoms with Crippen LogP contribution < -0.4 is 10.5 Å². The van der Waals surface area contributed by atoms with Crippen molar-refractivity contribution in [3.8, 4) is 5.75 Å². The second-order valence-electron chi connectivity index (χ2n) is 4.41. The molecule has 1 heterocycles. The summed E-state index contributed by atoms with van der Waals surface area (Å²) in [5, 5.41) is 0. The van der Waals surface area contributed by atoms with E-state index in [0.29, 0.717) is 0 Å². The van der Waals surface area contributed by atoms with E-state index < -0.39 is 0 Å². The second kappa shape index (κ2) is 5.19. The van der Waals surface area contributed by atoms with Gasteiger partial charge in [0.1, 0.15) is 11.9 Å². The third-order valence-corrected chi connectivity index (χ3v) is 3.56. The lowest BCUT2D eigenvalue weighted by Crippen LogP contribution is -2.29. The van der Waals surface area contributed by atoms with Crippen LogP contribution in [-0.4, -0.2) is 6.10 Å². The normalized spacial score (nSPS) is 23.7. The summed E-state index contributed by atoms with van der Waals surface area (Å²) in [5.41, 5.74) is 7.30. The lowest BCUT2D eigenvalue weighted by Gasteiger charge is -2.30. The van der Waals surface area contributed by atoms with Crippen LogP contribution in [0.1, 0.15) is 44.2 Å². The summed E-state index contributed by atoms with van der Waals surface area (Å²) in [6, 6.07) is 6.22. The number of halogens is 1. The van der Waals surface area contributed by atoms with Crippen molar-refractivity contribution in [3.05, 3.63) is 28.2 Å². The first kappa shape index (κ1) is 11.9. The van der Waals surface area contributed by atoms with Crippen molar-refractivity contribution in [2.45, 2.75) is 44.8 Å². The second-order valence-corrected chi connectivity index (χ2v) is 5.32. The fourth-order valence-electron chi connectivity index (χ4n) is 2.16. The standard InChI is InChI=1S/C13H18BrNO/c1-2-3-4-10-8-12(15)11-6-5-9(14)7-13(11)16-10/h5-7,10,12H,2-4,8,15H2,1H3. The van der Waals surface area contributed by atoms with Crippen LogP contribution >= 0.6 is 15.9 Å². The van der Waals surface area contributed by atoms with Crippen LogP contribution in [0.15, 0.2) is 22.7 Å². The van der Waals surface area contributed by atoms with Gasteiger partial charge in [-0.25, -0.2) is 0 Å². The molecule has 0 fully saturated rings. The maximum atomic E-state index is 6.16. The summed E-state index contributed by atoms with van der Waals surface area (Å²) in [6.45, 7) is 2.20. The van der Waals surface area contributed by atoms with Gasteiger partial charge in [0, 0.05) is 22.5 Å². The SMILES string of the molecule is CCCCC1CC(N)c2ccc(Br)cc2O1. The Bertz CT molecular complexity index is 367. The molecule has 2 rings (SSSR count). The number of hydrogen-bond donors (Lipinski definition) is 1. The molecule has 0 spiro atoms. The third-order valence-electron chi connectivity index (χ3n) is 3.07. The van der Waals surface area contributed by atoms with Crippen LogP contribution in [0.5, 0.6) is 5.75 Å². The Kier molecular flexibility index (Phi) is 3.87. The van der Waals surface area contributed by atoms with Gasteiger partial charge in [-0.3, -0.25) is 0 Å². The van der Waals surface area contributed by atoms with Crippen molar-refractivity contribution in [2.75, 3.05) is 0 Å². The van der Waals surface area contributed by atoms with Gasteiger partial charge < -0.3 is 10.5 Å². The van der Waals surface area contributed by atoms with E-state index in [9.17, 15) is 0 Å². The van der Waals surface area contributed by atoms with Gasteiger partial charge in [0.05, 0.1) is 0 Å². The predicted octanol–water partition coefficient (Wildman–Crippen LogP) is 3.79. The Hall–Kier alpha value is -0.540. The summed E-state index contributed by atoms with van der Waals surface area (Å²) in [5.74, 6) is 0.953. The smallest absolute Gasteiger partial charge is 0.125 e. The molecule has 0 saturated carbocycles. The number of rotatable bonds is 3. The van der Waals surface area contributed by atoms with Crippen molar-refractivity contribution in [2.24, 2.45) is 5.73 Å². The zero-order valence-electron chi connectivity index (χ0n) is 9.58. The minimum absolute atomic E-state index is 0.124. The summed E-state index contributed by atoms with van der Waals surface area (Å²) < 4.78 is 7.03. The van der Waals surface area contributed by atoms with Crippen molar-refractivity contribution in [3.63, 3.8) is 0 Å². The maximum Gasteiger partial charge on any atom is 0.125 e. The van der Waals surface area contributed by atoms with Crippen LogP contribution in [0, 0.1) is 0 Å². The van der Waals surface area contributed by atoms with E-state index in [1.54, 1.807) is 0 Å². The fourth-order valence-corrected chi connectivity index (χ4v) is 2.50. The molecule has 0 saturated heterocycles. The highest BCUT2D eigenvalue weighted by Crippen LogP contribution is 2.36. The van der Waals surface area contributed by atoms with Gasteiger partial charge in [0.25, 0.3) is 0 Å². The van der Waals surface area contributed by atoms with Crippen molar-refractivity contribution < 1.29 is 4.74 Å². The van der Waals surface area contributed by atoms with Gasteiger partial charge in [-0.15, -0.1) is 0 Å². The molecule has 3 heteroatoms. The molecule has 88 valence electrons. The topological polar surface area (TPSA) is 35.2 Å². The van der Waals surface area contributed by atoms with Gasteiger partial charge in [-0.2, -0.15) is 0 Å². The zero-order valence-corrected chi connectivity index (χ0v) is 11.2. The molecule has 2 atom stereocenters. The fraction of sp³-hybridized carbons (Fsp3) is 0.538. The number of hydrogen-bond acceptors (Lipinski definition) is 2. The number of unbranched alkanes of at least 4 members (excludes halogenated alkanes) is 1. The third kappa shape index (κ3) is 2.58. The largest absolute Gasteiger partial charge is 0.490 e. The summed E-state index contributed by atoms with van der Waals surface area (Å²) in [4.78, 5) is 0. The van der Waals surface area contributed by atoms with Crippen LogP contribution in [-0.2, 0) is 0 Å². The van der Waals surface area contributed by atoms with Gasteiger partial charge in [0.2, 0.25) is 0 Å². The molecule has 1 aromatic carbocycles. The first-order valence-corrected chi connectivity index (χ1v) is 6.71. The summed E-state index contributed by atoms with van der Waals surface area (Å²) in [6.07, 6.45) is 4.75. The number of fused-ring (bicyclic) bond motifs is 1. The van der Waals surface area contributed by atoms with E-state index in [-0.39, 0.29) is 12.1 Å². The molecule has 2 unspecified atom stereocenters. The van der Waals surface area contributed by atoms with Crippen molar-refractivity contribution >= 4 is 15.9 Å². The van der Waals surface area contributed by atoms with E-state index in [1.165, 1.54) is 12.8 Å². The molecule has 1 aliphatic heterocycles. The van der Waals surface area contributed by atoms with Crippen LogP contribution in [0.2, 0.25) is 0 Å². The van der Waals surface area contributed by atoms with E-state index in [2.05, 4.69) is 28.9 Å². The highest BCUT2D eigenvalue weighted by molar-refractivity contribution is 9.10. The predicted molar refractivity (Wildman–Crippen MR) is 69.6 cm³/mol. The Labute approximate surface area is 105 Å². The molecule has 0 bridgehead atoms. The highest BCUT2D eigenvalue weighted by Gasteiger charge is 2.25. The maximum absolute atomic E-state index is 6.16. The number of nitrogens with two attached hydrogens (primary N) is 1. The number of ether oxygens (including phenoxy) is 1. The monoisotopic (exact) mass is 283 g/mol. The Morgan fingerprint density at radius 3 is 3.06 bits per heavy atom. The van der Waals surface area contributed by atoms with Gasteiger partial charge in [-0.05, 0) is 18.6 Å². The lowest BCUT2D eigenvalue weighted by atomic mass is 9.95. The molecule has 2 nitrogen and oxygen atoms in total. The molecule has 0 radical (unpaired) electrons. The molecule has 1 aromatic rings. The van der Waals surface area contributed by atoms with Crippen LogP contribution in [0.4, 0.5) is 0 Å². The molecule has 1 aliphatic rings. The van der Waals surface area contributed by atoms with E-state index in [1.807, 2.05) is 12.1 Å². The van der Waals surface area contributed by atoms with Crippen LogP contribution in [0.25, 0.3) is 0 Å². The van der Waals surface area contributed by atoms with Crippen molar-refractivity contribution in [1.29, 1.82) is 0 Å². The molecule has 0 amide bonds. The average Bonchev–Trinajstić information content (AvgIpc) is 2.25.